The van der Waals surface area contributed by atoms with Gasteiger partial charge in [-0.05, 0) is 24.1 Å². The summed E-state index contributed by atoms with van der Waals surface area (Å²) in [6, 6.07) is 4.08. The predicted octanol–water partition coefficient (Wildman–Crippen LogP) is 1.15. The van der Waals surface area contributed by atoms with E-state index in [1.807, 2.05) is 13.8 Å². The quantitative estimate of drug-likeness (QED) is 0.735. The normalized spacial score (nSPS) is 12.3. The Morgan fingerprint density at radius 3 is 2.61 bits per heavy atom. The maximum absolute atomic E-state index is 12.0. The molecule has 1 aromatic rings. The van der Waals surface area contributed by atoms with E-state index in [4.69, 9.17) is 9.84 Å². The van der Waals surface area contributed by atoms with Gasteiger partial charge in [-0.25, -0.2) is 0 Å². The van der Waals surface area contributed by atoms with Gasteiger partial charge in [0.1, 0.15) is 11.5 Å². The third-order valence-electron chi connectivity index (χ3n) is 2.77. The Hall–Kier alpha value is -1.75. The molecule has 1 unspecified atom stereocenters. The van der Waals surface area contributed by atoms with Gasteiger partial charge < -0.3 is 20.3 Å². The highest BCUT2D eigenvalue weighted by Crippen LogP contribution is 2.22. The van der Waals surface area contributed by atoms with Gasteiger partial charge in [-0.15, -0.1) is 0 Å². The number of benzene rings is 1. The maximum atomic E-state index is 12.0. The SMILES string of the molecule is COc1ccc(O)c(C(=O)NC(CO)C(C)C)c1. The average molecular weight is 253 g/mol. The zero-order valence-corrected chi connectivity index (χ0v) is 10.8. The van der Waals surface area contributed by atoms with Crippen LogP contribution in [0.1, 0.15) is 24.2 Å². The number of rotatable bonds is 5. The van der Waals surface area contributed by atoms with Gasteiger partial charge in [0, 0.05) is 0 Å². The smallest absolute Gasteiger partial charge is 0.255 e. The molecule has 1 rings (SSSR count). The number of carbonyl (C=O) groups is 1. The Bertz CT molecular complexity index is 417. The molecule has 3 N–H and O–H groups in total. The van der Waals surface area contributed by atoms with Crippen LogP contribution in [0.4, 0.5) is 0 Å². The van der Waals surface area contributed by atoms with Gasteiger partial charge >= 0.3 is 0 Å². The van der Waals surface area contributed by atoms with Crippen LogP contribution in [0.25, 0.3) is 0 Å². The number of amides is 1. The Morgan fingerprint density at radius 1 is 1.44 bits per heavy atom. The first-order valence-electron chi connectivity index (χ1n) is 5.78. The number of carbonyl (C=O) groups excluding carboxylic acids is 1. The summed E-state index contributed by atoms with van der Waals surface area (Å²) in [6.07, 6.45) is 0. The van der Waals surface area contributed by atoms with Crippen LogP contribution in [-0.2, 0) is 0 Å². The van der Waals surface area contributed by atoms with Crippen molar-refractivity contribution >= 4 is 5.91 Å². The lowest BCUT2D eigenvalue weighted by atomic mass is 10.0. The van der Waals surface area contributed by atoms with Crippen molar-refractivity contribution in [1.82, 2.24) is 5.32 Å². The molecule has 100 valence electrons. The number of aliphatic hydroxyl groups is 1. The third kappa shape index (κ3) is 3.37. The lowest BCUT2D eigenvalue weighted by Crippen LogP contribution is -2.41. The topological polar surface area (TPSA) is 78.8 Å². The number of phenolic OH excluding ortho intramolecular Hbond substituents is 1. The first-order chi connectivity index (χ1) is 8.49. The van der Waals surface area contributed by atoms with E-state index in [-0.39, 0.29) is 29.9 Å². The van der Waals surface area contributed by atoms with Crippen molar-refractivity contribution in [1.29, 1.82) is 0 Å². The minimum atomic E-state index is -0.431. The van der Waals surface area contributed by atoms with E-state index < -0.39 is 5.91 Å². The van der Waals surface area contributed by atoms with Crippen molar-refractivity contribution in [3.63, 3.8) is 0 Å². The predicted molar refractivity (Wildman–Crippen MR) is 67.8 cm³/mol. The third-order valence-corrected chi connectivity index (χ3v) is 2.77. The molecule has 5 nitrogen and oxygen atoms in total. The van der Waals surface area contributed by atoms with Crippen LogP contribution < -0.4 is 10.1 Å². The van der Waals surface area contributed by atoms with E-state index >= 15 is 0 Å². The van der Waals surface area contributed by atoms with Crippen molar-refractivity contribution in [3.05, 3.63) is 23.8 Å². The lowest BCUT2D eigenvalue weighted by Gasteiger charge is -2.20. The fourth-order valence-electron chi connectivity index (χ4n) is 1.49. The number of hydrogen-bond acceptors (Lipinski definition) is 4. The van der Waals surface area contributed by atoms with Crippen molar-refractivity contribution in [2.75, 3.05) is 13.7 Å². The first-order valence-corrected chi connectivity index (χ1v) is 5.78. The van der Waals surface area contributed by atoms with Gasteiger partial charge in [0.15, 0.2) is 0 Å². The molecule has 0 aromatic heterocycles. The standard InChI is InChI=1S/C13H19NO4/c1-8(2)11(7-15)14-13(17)10-6-9(18-3)4-5-12(10)16/h4-6,8,11,15-16H,7H2,1-3H3,(H,14,17). The van der Waals surface area contributed by atoms with Gasteiger partial charge in [-0.2, -0.15) is 0 Å². The number of phenols is 1. The summed E-state index contributed by atoms with van der Waals surface area (Å²) in [7, 11) is 1.48. The molecule has 0 aliphatic rings. The Labute approximate surface area is 106 Å². The van der Waals surface area contributed by atoms with Crippen LogP contribution in [0.2, 0.25) is 0 Å². The highest BCUT2D eigenvalue weighted by molar-refractivity contribution is 5.97. The van der Waals surface area contributed by atoms with Gasteiger partial charge in [0.2, 0.25) is 0 Å². The highest BCUT2D eigenvalue weighted by atomic mass is 16.5. The molecule has 0 saturated heterocycles. The molecule has 1 amide bonds. The fraction of sp³-hybridized carbons (Fsp3) is 0.462. The number of aliphatic hydroxyl groups excluding tert-OH is 1. The molecular formula is C13H19NO4. The highest BCUT2D eigenvalue weighted by Gasteiger charge is 2.18. The number of aromatic hydroxyl groups is 1. The van der Waals surface area contributed by atoms with Crippen molar-refractivity contribution in [2.24, 2.45) is 5.92 Å². The van der Waals surface area contributed by atoms with Gasteiger partial charge in [-0.3, -0.25) is 4.79 Å². The van der Waals surface area contributed by atoms with Crippen molar-refractivity contribution in [2.45, 2.75) is 19.9 Å². The fourth-order valence-corrected chi connectivity index (χ4v) is 1.49. The zero-order valence-electron chi connectivity index (χ0n) is 10.8. The molecule has 1 atom stereocenters. The summed E-state index contributed by atoms with van der Waals surface area (Å²) in [5.74, 6) is 0.0441. The summed E-state index contributed by atoms with van der Waals surface area (Å²) in [5, 5.41) is 21.5. The molecule has 0 aliphatic carbocycles. The molecule has 0 bridgehead atoms. The monoisotopic (exact) mass is 253 g/mol. The minimum Gasteiger partial charge on any atom is -0.507 e. The van der Waals surface area contributed by atoms with Crippen molar-refractivity contribution in [3.8, 4) is 11.5 Å². The molecule has 0 saturated carbocycles. The minimum absolute atomic E-state index is 0.103. The van der Waals surface area contributed by atoms with Gasteiger partial charge in [0.05, 0.1) is 25.3 Å². The first kappa shape index (κ1) is 14.3. The van der Waals surface area contributed by atoms with E-state index in [1.54, 1.807) is 6.07 Å². The summed E-state index contributed by atoms with van der Waals surface area (Å²) in [6.45, 7) is 3.65. The molecule has 0 spiro atoms. The van der Waals surface area contributed by atoms with E-state index in [0.29, 0.717) is 5.75 Å². The van der Waals surface area contributed by atoms with Crippen LogP contribution in [0.15, 0.2) is 18.2 Å². The van der Waals surface area contributed by atoms with Gasteiger partial charge in [0.25, 0.3) is 5.91 Å². The van der Waals surface area contributed by atoms with Crippen LogP contribution in [-0.4, -0.2) is 35.9 Å². The molecule has 0 fully saturated rings. The summed E-state index contributed by atoms with van der Waals surface area (Å²) < 4.78 is 5.00. The Kier molecular flexibility index (Phi) is 4.97. The maximum Gasteiger partial charge on any atom is 0.255 e. The molecule has 0 radical (unpaired) electrons. The summed E-state index contributed by atoms with van der Waals surface area (Å²) in [4.78, 5) is 12.0. The zero-order chi connectivity index (χ0) is 13.7. The van der Waals surface area contributed by atoms with Crippen LogP contribution >= 0.6 is 0 Å². The number of hydrogen-bond donors (Lipinski definition) is 3. The van der Waals surface area contributed by atoms with Gasteiger partial charge in [-0.1, -0.05) is 13.8 Å². The molecule has 18 heavy (non-hydrogen) atoms. The van der Waals surface area contributed by atoms with E-state index in [2.05, 4.69) is 5.32 Å². The van der Waals surface area contributed by atoms with Crippen molar-refractivity contribution < 1.29 is 19.7 Å². The second-order valence-electron chi connectivity index (χ2n) is 4.39. The number of methoxy groups -OCH3 is 1. The average Bonchev–Trinajstić information content (AvgIpc) is 2.35. The largest absolute Gasteiger partial charge is 0.507 e. The number of ether oxygens (including phenoxy) is 1. The van der Waals surface area contributed by atoms with Crippen LogP contribution in [0, 0.1) is 5.92 Å². The second kappa shape index (κ2) is 6.26. The summed E-state index contributed by atoms with van der Waals surface area (Å²) in [5.41, 5.74) is 0.133. The Morgan fingerprint density at radius 2 is 2.11 bits per heavy atom. The lowest BCUT2D eigenvalue weighted by molar-refractivity contribution is 0.0894. The van der Waals surface area contributed by atoms with Crippen LogP contribution in [0.5, 0.6) is 11.5 Å². The molecule has 0 heterocycles. The molecule has 0 aliphatic heterocycles. The molecule has 1 aromatic carbocycles. The Balaban J connectivity index is 2.89. The van der Waals surface area contributed by atoms with Crippen LogP contribution in [0.3, 0.4) is 0 Å². The molecule has 5 heteroatoms. The summed E-state index contributed by atoms with van der Waals surface area (Å²) >= 11 is 0. The van der Waals surface area contributed by atoms with E-state index in [9.17, 15) is 9.90 Å². The molecular weight excluding hydrogens is 234 g/mol. The second-order valence-corrected chi connectivity index (χ2v) is 4.39. The number of nitrogens with one attached hydrogen (secondary N) is 1. The van der Waals surface area contributed by atoms with E-state index in [1.165, 1.54) is 19.2 Å². The van der Waals surface area contributed by atoms with E-state index in [0.717, 1.165) is 0 Å².